The van der Waals surface area contributed by atoms with Crippen molar-refractivity contribution in [3.05, 3.63) is 23.9 Å². The van der Waals surface area contributed by atoms with Crippen LogP contribution < -0.4 is 10.1 Å². The van der Waals surface area contributed by atoms with E-state index in [2.05, 4.69) is 10.3 Å². The van der Waals surface area contributed by atoms with Gasteiger partial charge in [0.1, 0.15) is 6.04 Å². The van der Waals surface area contributed by atoms with Crippen molar-refractivity contribution in [1.82, 2.24) is 15.2 Å². The highest BCUT2D eigenvalue weighted by Gasteiger charge is 2.33. The third kappa shape index (κ3) is 3.71. The summed E-state index contributed by atoms with van der Waals surface area (Å²) < 4.78 is 5.19. The average Bonchev–Trinajstić information content (AvgIpc) is 2.44. The van der Waals surface area contributed by atoms with Gasteiger partial charge in [-0.2, -0.15) is 0 Å². The van der Waals surface area contributed by atoms with Crippen LogP contribution in [0.15, 0.2) is 18.3 Å². The first-order chi connectivity index (χ1) is 10.0. The summed E-state index contributed by atoms with van der Waals surface area (Å²) in [6.07, 6.45) is 2.28. The fourth-order valence-electron chi connectivity index (χ4n) is 2.47. The quantitative estimate of drug-likeness (QED) is 0.877. The van der Waals surface area contributed by atoms with Crippen molar-refractivity contribution in [2.45, 2.75) is 32.9 Å². The predicted molar refractivity (Wildman–Crippen MR) is 77.6 cm³/mol. The second kappa shape index (κ2) is 6.56. The van der Waals surface area contributed by atoms with Gasteiger partial charge < -0.3 is 15.0 Å². The van der Waals surface area contributed by atoms with Gasteiger partial charge in [-0.15, -0.1) is 0 Å². The molecule has 1 fully saturated rings. The molecular formula is C15H21N3O3. The van der Waals surface area contributed by atoms with E-state index < -0.39 is 6.04 Å². The zero-order valence-electron chi connectivity index (χ0n) is 12.6. The summed E-state index contributed by atoms with van der Waals surface area (Å²) in [6, 6.07) is 3.20. The molecular weight excluding hydrogens is 270 g/mol. The van der Waals surface area contributed by atoms with E-state index in [1.54, 1.807) is 17.2 Å². The van der Waals surface area contributed by atoms with Crippen LogP contribution in [0.25, 0.3) is 0 Å². The van der Waals surface area contributed by atoms with E-state index in [1.165, 1.54) is 7.11 Å². The van der Waals surface area contributed by atoms with E-state index in [0.29, 0.717) is 24.8 Å². The molecule has 1 unspecified atom stereocenters. The highest BCUT2D eigenvalue weighted by molar-refractivity contribution is 5.94. The van der Waals surface area contributed by atoms with Crippen LogP contribution in [0, 0.1) is 5.92 Å². The summed E-state index contributed by atoms with van der Waals surface area (Å²) in [5.41, 5.74) is 0.798. The Morgan fingerprint density at radius 1 is 1.48 bits per heavy atom. The van der Waals surface area contributed by atoms with Gasteiger partial charge in [0.05, 0.1) is 20.2 Å². The molecule has 2 heterocycles. The number of carbonyl (C=O) groups is 2. The number of pyridine rings is 1. The molecule has 2 amide bonds. The molecule has 1 N–H and O–H groups in total. The molecule has 0 saturated carbocycles. The number of carbonyl (C=O) groups excluding carboxylic acids is 2. The summed E-state index contributed by atoms with van der Waals surface area (Å²) in [5.74, 6) is 0.654. The fraction of sp³-hybridized carbons (Fsp3) is 0.533. The van der Waals surface area contributed by atoms with Crippen LogP contribution in [0.3, 0.4) is 0 Å². The van der Waals surface area contributed by atoms with Crippen LogP contribution >= 0.6 is 0 Å². The molecule has 114 valence electrons. The van der Waals surface area contributed by atoms with Crippen LogP contribution in [-0.4, -0.2) is 41.4 Å². The molecule has 1 aliphatic rings. The normalized spacial score (nSPS) is 18.9. The Morgan fingerprint density at radius 2 is 2.24 bits per heavy atom. The lowest BCUT2D eigenvalue weighted by Gasteiger charge is -2.33. The maximum Gasteiger partial charge on any atom is 0.245 e. The van der Waals surface area contributed by atoms with Gasteiger partial charge >= 0.3 is 0 Å². The first-order valence-corrected chi connectivity index (χ1v) is 7.07. The second-order valence-corrected chi connectivity index (χ2v) is 5.62. The van der Waals surface area contributed by atoms with Crippen molar-refractivity contribution >= 4 is 11.8 Å². The summed E-state index contributed by atoms with van der Waals surface area (Å²) in [5, 5.41) is 2.76. The Hall–Kier alpha value is -2.11. The Balaban J connectivity index is 2.14. The standard InChI is InChI=1S/C15H21N3O3/c1-10(2)7-12-15(20)18(9-13(19)17-12)8-11-5-4-6-16-14(11)21-3/h4-6,10,12H,7-9H2,1-3H3,(H,17,19). The summed E-state index contributed by atoms with van der Waals surface area (Å²) in [6.45, 7) is 4.47. The summed E-state index contributed by atoms with van der Waals surface area (Å²) >= 11 is 0. The maximum absolute atomic E-state index is 12.5. The number of hydrogen-bond donors (Lipinski definition) is 1. The summed E-state index contributed by atoms with van der Waals surface area (Å²) in [4.78, 5) is 29.9. The minimum absolute atomic E-state index is 0.0470. The first kappa shape index (κ1) is 15.3. The molecule has 6 nitrogen and oxygen atoms in total. The second-order valence-electron chi connectivity index (χ2n) is 5.62. The molecule has 21 heavy (non-hydrogen) atoms. The van der Waals surface area contributed by atoms with Gasteiger partial charge in [0.25, 0.3) is 0 Å². The minimum atomic E-state index is -0.436. The van der Waals surface area contributed by atoms with Gasteiger partial charge in [0.2, 0.25) is 17.7 Å². The van der Waals surface area contributed by atoms with E-state index in [1.807, 2.05) is 19.9 Å². The van der Waals surface area contributed by atoms with Gasteiger partial charge in [-0.3, -0.25) is 9.59 Å². The Kier molecular flexibility index (Phi) is 4.77. The van der Waals surface area contributed by atoms with E-state index in [9.17, 15) is 9.59 Å². The molecule has 1 aromatic heterocycles. The predicted octanol–water partition coefficient (Wildman–Crippen LogP) is 0.963. The number of nitrogens with one attached hydrogen (secondary N) is 1. The average molecular weight is 291 g/mol. The third-order valence-corrected chi connectivity index (χ3v) is 3.39. The molecule has 0 spiro atoms. The van der Waals surface area contributed by atoms with Crippen LogP contribution in [-0.2, 0) is 16.1 Å². The smallest absolute Gasteiger partial charge is 0.245 e. The van der Waals surface area contributed by atoms with E-state index in [4.69, 9.17) is 4.74 Å². The molecule has 1 saturated heterocycles. The van der Waals surface area contributed by atoms with Gasteiger partial charge in [0, 0.05) is 11.8 Å². The van der Waals surface area contributed by atoms with Gasteiger partial charge in [0.15, 0.2) is 0 Å². The van der Waals surface area contributed by atoms with Gasteiger partial charge in [-0.25, -0.2) is 4.98 Å². The van der Waals surface area contributed by atoms with E-state index >= 15 is 0 Å². The number of aromatic nitrogens is 1. The number of rotatable bonds is 5. The number of amides is 2. The molecule has 0 aliphatic carbocycles. The zero-order valence-corrected chi connectivity index (χ0v) is 12.6. The van der Waals surface area contributed by atoms with Gasteiger partial charge in [-0.1, -0.05) is 19.9 Å². The van der Waals surface area contributed by atoms with Crippen molar-refractivity contribution in [1.29, 1.82) is 0 Å². The van der Waals surface area contributed by atoms with Crippen molar-refractivity contribution in [3.8, 4) is 5.88 Å². The molecule has 1 aliphatic heterocycles. The van der Waals surface area contributed by atoms with Crippen LogP contribution in [0.2, 0.25) is 0 Å². The fourth-order valence-corrected chi connectivity index (χ4v) is 2.47. The Labute approximate surface area is 124 Å². The highest BCUT2D eigenvalue weighted by atomic mass is 16.5. The van der Waals surface area contributed by atoms with Crippen LogP contribution in [0.5, 0.6) is 5.88 Å². The van der Waals surface area contributed by atoms with Crippen molar-refractivity contribution in [2.24, 2.45) is 5.92 Å². The molecule has 0 bridgehead atoms. The van der Waals surface area contributed by atoms with Crippen LogP contribution in [0.1, 0.15) is 25.8 Å². The van der Waals surface area contributed by atoms with Gasteiger partial charge in [-0.05, 0) is 18.4 Å². The molecule has 6 heteroatoms. The maximum atomic E-state index is 12.5. The highest BCUT2D eigenvalue weighted by Crippen LogP contribution is 2.19. The minimum Gasteiger partial charge on any atom is -0.481 e. The lowest BCUT2D eigenvalue weighted by atomic mass is 10.0. The molecule has 0 radical (unpaired) electrons. The molecule has 2 rings (SSSR count). The number of methoxy groups -OCH3 is 1. The molecule has 1 atom stereocenters. The molecule has 1 aromatic rings. The molecule has 0 aromatic carbocycles. The van der Waals surface area contributed by atoms with E-state index in [-0.39, 0.29) is 18.4 Å². The topological polar surface area (TPSA) is 71.5 Å². The number of ether oxygens (including phenoxy) is 1. The van der Waals surface area contributed by atoms with Crippen LogP contribution in [0.4, 0.5) is 0 Å². The van der Waals surface area contributed by atoms with E-state index in [0.717, 1.165) is 5.56 Å². The lowest BCUT2D eigenvalue weighted by Crippen LogP contribution is -2.57. The summed E-state index contributed by atoms with van der Waals surface area (Å²) in [7, 11) is 1.54. The first-order valence-electron chi connectivity index (χ1n) is 7.07. The SMILES string of the molecule is COc1ncccc1CN1CC(=O)NC(CC(C)C)C1=O. The number of piperazine rings is 1. The number of hydrogen-bond acceptors (Lipinski definition) is 4. The monoisotopic (exact) mass is 291 g/mol. The Bertz CT molecular complexity index is 531. The Morgan fingerprint density at radius 3 is 2.90 bits per heavy atom. The number of nitrogens with zero attached hydrogens (tertiary/aromatic N) is 2. The van der Waals surface area contributed by atoms with Crippen molar-refractivity contribution in [2.75, 3.05) is 13.7 Å². The third-order valence-electron chi connectivity index (χ3n) is 3.39. The lowest BCUT2D eigenvalue weighted by molar-refractivity contribution is -0.145. The zero-order chi connectivity index (χ0) is 15.4. The van der Waals surface area contributed by atoms with Crippen molar-refractivity contribution in [3.63, 3.8) is 0 Å². The van der Waals surface area contributed by atoms with Crippen molar-refractivity contribution < 1.29 is 14.3 Å². The largest absolute Gasteiger partial charge is 0.481 e.